The molecule has 1 aromatic rings. The summed E-state index contributed by atoms with van der Waals surface area (Å²) in [4.78, 5) is 1.29. The van der Waals surface area contributed by atoms with E-state index in [0.717, 1.165) is 27.6 Å². The van der Waals surface area contributed by atoms with E-state index in [1.807, 2.05) is 0 Å². The Morgan fingerprint density at radius 3 is 2.53 bits per heavy atom. The second-order valence-corrected chi connectivity index (χ2v) is 8.00. The van der Waals surface area contributed by atoms with Gasteiger partial charge in [-0.1, -0.05) is 19.3 Å². The molecular formula is C12H17Br2NOS. The highest BCUT2D eigenvalue weighted by atomic mass is 79.9. The highest BCUT2D eigenvalue weighted by Gasteiger charge is 2.30. The van der Waals surface area contributed by atoms with Crippen LogP contribution in [0.4, 0.5) is 0 Å². The predicted octanol–water partition coefficient (Wildman–Crippen LogP) is 4.06. The Morgan fingerprint density at radius 1 is 1.29 bits per heavy atom. The molecule has 0 saturated heterocycles. The molecule has 1 heterocycles. The Kier molecular flexibility index (Phi) is 5.06. The van der Waals surface area contributed by atoms with Gasteiger partial charge in [0.05, 0.1) is 10.4 Å². The molecule has 0 spiro atoms. The lowest BCUT2D eigenvalue weighted by Gasteiger charge is -2.36. The zero-order valence-electron chi connectivity index (χ0n) is 9.64. The molecule has 1 aliphatic carbocycles. The molecule has 0 radical (unpaired) electrons. The Bertz CT molecular complexity index is 355. The third kappa shape index (κ3) is 3.53. The van der Waals surface area contributed by atoms with Crippen LogP contribution in [-0.4, -0.2) is 17.3 Å². The van der Waals surface area contributed by atoms with Crippen LogP contribution < -0.4 is 5.32 Å². The smallest absolute Gasteiger partial charge is 0.0843 e. The van der Waals surface area contributed by atoms with Crippen molar-refractivity contribution in [3.05, 3.63) is 19.2 Å². The van der Waals surface area contributed by atoms with Crippen molar-refractivity contribution in [1.29, 1.82) is 0 Å². The monoisotopic (exact) mass is 381 g/mol. The lowest BCUT2D eigenvalue weighted by molar-refractivity contribution is 0.120. The molecule has 0 unspecified atom stereocenters. The molecule has 0 aliphatic heterocycles. The van der Waals surface area contributed by atoms with E-state index in [-0.39, 0.29) is 12.1 Å². The van der Waals surface area contributed by atoms with E-state index in [4.69, 9.17) is 0 Å². The highest BCUT2D eigenvalue weighted by Crippen LogP contribution is 2.33. The molecule has 1 fully saturated rings. The third-order valence-electron chi connectivity index (χ3n) is 3.45. The Hall–Kier alpha value is 0.580. The number of hydrogen-bond acceptors (Lipinski definition) is 3. The summed E-state index contributed by atoms with van der Waals surface area (Å²) in [7, 11) is 0. The molecule has 0 atom stereocenters. The zero-order valence-corrected chi connectivity index (χ0v) is 13.6. The Morgan fingerprint density at radius 2 is 2.00 bits per heavy atom. The van der Waals surface area contributed by atoms with Gasteiger partial charge in [0.15, 0.2) is 0 Å². The molecule has 1 saturated carbocycles. The molecule has 2 N–H and O–H groups in total. The summed E-state index contributed by atoms with van der Waals surface area (Å²) in [5, 5.41) is 13.2. The van der Waals surface area contributed by atoms with Crippen LogP contribution in [0.2, 0.25) is 0 Å². The summed E-state index contributed by atoms with van der Waals surface area (Å²) in [6.45, 7) is 1.09. The lowest BCUT2D eigenvalue weighted by Crippen LogP contribution is -2.49. The Balaban J connectivity index is 1.95. The fourth-order valence-corrected chi connectivity index (χ4v) is 4.49. The molecule has 0 aromatic carbocycles. The highest BCUT2D eigenvalue weighted by molar-refractivity contribution is 9.13. The number of rotatable bonds is 4. The van der Waals surface area contributed by atoms with Crippen LogP contribution in [0, 0.1) is 0 Å². The maximum absolute atomic E-state index is 9.60. The van der Waals surface area contributed by atoms with Crippen LogP contribution in [-0.2, 0) is 6.54 Å². The van der Waals surface area contributed by atoms with Gasteiger partial charge in [-0.05, 0) is 50.8 Å². The predicted molar refractivity (Wildman–Crippen MR) is 79.5 cm³/mol. The van der Waals surface area contributed by atoms with Gasteiger partial charge in [-0.15, -0.1) is 11.3 Å². The summed E-state index contributed by atoms with van der Waals surface area (Å²) in [5.41, 5.74) is -0.0405. The van der Waals surface area contributed by atoms with Gasteiger partial charge >= 0.3 is 0 Å². The first-order valence-electron chi connectivity index (χ1n) is 5.95. The average Bonchev–Trinajstić information content (AvgIpc) is 2.68. The zero-order chi connectivity index (χ0) is 12.3. The van der Waals surface area contributed by atoms with Crippen molar-refractivity contribution in [2.24, 2.45) is 0 Å². The van der Waals surface area contributed by atoms with Crippen molar-refractivity contribution in [3.8, 4) is 0 Å². The SMILES string of the molecule is OCC1(NCc2cc(Br)c(Br)s2)CCCCC1. The van der Waals surface area contributed by atoms with E-state index < -0.39 is 0 Å². The fourth-order valence-electron chi connectivity index (χ4n) is 2.37. The number of nitrogens with one attached hydrogen (secondary N) is 1. The molecule has 2 nitrogen and oxygen atoms in total. The molecular weight excluding hydrogens is 366 g/mol. The third-order valence-corrected chi connectivity index (χ3v) is 6.70. The van der Waals surface area contributed by atoms with Crippen LogP contribution in [0.15, 0.2) is 14.3 Å². The van der Waals surface area contributed by atoms with Gasteiger partial charge in [-0.2, -0.15) is 0 Å². The summed E-state index contributed by atoms with van der Waals surface area (Å²) in [6, 6.07) is 2.13. The van der Waals surface area contributed by atoms with E-state index in [0.29, 0.717) is 0 Å². The molecule has 0 amide bonds. The lowest BCUT2D eigenvalue weighted by atomic mass is 9.82. The molecule has 0 bridgehead atoms. The van der Waals surface area contributed by atoms with Crippen LogP contribution in [0.5, 0.6) is 0 Å². The maximum Gasteiger partial charge on any atom is 0.0843 e. The van der Waals surface area contributed by atoms with Crippen LogP contribution >= 0.6 is 43.2 Å². The van der Waals surface area contributed by atoms with Crippen LogP contribution in [0.25, 0.3) is 0 Å². The maximum atomic E-state index is 9.60. The molecule has 5 heteroatoms. The van der Waals surface area contributed by atoms with E-state index in [1.54, 1.807) is 11.3 Å². The Labute approximate surface area is 123 Å². The normalized spacial score (nSPS) is 19.5. The number of aliphatic hydroxyl groups excluding tert-OH is 1. The van der Waals surface area contributed by atoms with Crippen LogP contribution in [0.1, 0.15) is 37.0 Å². The molecule has 1 aromatic heterocycles. The first-order chi connectivity index (χ1) is 8.15. The summed E-state index contributed by atoms with van der Waals surface area (Å²) >= 11 is 8.74. The van der Waals surface area contributed by atoms with Crippen molar-refractivity contribution in [2.45, 2.75) is 44.2 Å². The second-order valence-electron chi connectivity index (χ2n) is 4.69. The average molecular weight is 383 g/mol. The van der Waals surface area contributed by atoms with Gasteiger partial charge in [0.1, 0.15) is 0 Å². The number of thiophene rings is 1. The molecule has 2 rings (SSSR count). The quantitative estimate of drug-likeness (QED) is 0.822. The van der Waals surface area contributed by atoms with E-state index in [1.165, 1.54) is 24.1 Å². The van der Waals surface area contributed by atoms with Gasteiger partial charge in [0, 0.05) is 21.4 Å². The summed E-state index contributed by atoms with van der Waals surface area (Å²) in [5.74, 6) is 0. The van der Waals surface area contributed by atoms with Gasteiger partial charge in [-0.25, -0.2) is 0 Å². The van der Waals surface area contributed by atoms with E-state index in [9.17, 15) is 5.11 Å². The van der Waals surface area contributed by atoms with Gasteiger partial charge in [0.2, 0.25) is 0 Å². The number of aliphatic hydroxyl groups is 1. The van der Waals surface area contributed by atoms with Crippen molar-refractivity contribution in [1.82, 2.24) is 5.32 Å². The second kappa shape index (κ2) is 6.15. The minimum atomic E-state index is -0.0405. The largest absolute Gasteiger partial charge is 0.394 e. The van der Waals surface area contributed by atoms with Gasteiger partial charge in [-0.3, -0.25) is 0 Å². The molecule has 1 aliphatic rings. The van der Waals surface area contributed by atoms with Gasteiger partial charge in [0.25, 0.3) is 0 Å². The minimum Gasteiger partial charge on any atom is -0.394 e. The summed E-state index contributed by atoms with van der Waals surface area (Å²) < 4.78 is 2.25. The van der Waals surface area contributed by atoms with Crippen LogP contribution in [0.3, 0.4) is 0 Å². The molecule has 96 valence electrons. The van der Waals surface area contributed by atoms with E-state index >= 15 is 0 Å². The number of hydrogen-bond donors (Lipinski definition) is 2. The van der Waals surface area contributed by atoms with Crippen molar-refractivity contribution < 1.29 is 5.11 Å². The van der Waals surface area contributed by atoms with Crippen molar-refractivity contribution >= 4 is 43.2 Å². The fraction of sp³-hybridized carbons (Fsp3) is 0.667. The van der Waals surface area contributed by atoms with Gasteiger partial charge < -0.3 is 10.4 Å². The first kappa shape index (κ1) is 14.0. The minimum absolute atomic E-state index is 0.0405. The summed E-state index contributed by atoms with van der Waals surface area (Å²) in [6.07, 6.45) is 5.95. The standard InChI is InChI=1S/C12H17Br2NOS/c13-10-6-9(17-11(10)14)7-15-12(8-16)4-2-1-3-5-12/h6,15-16H,1-5,7-8H2. The molecule has 17 heavy (non-hydrogen) atoms. The first-order valence-corrected chi connectivity index (χ1v) is 8.35. The topological polar surface area (TPSA) is 32.3 Å². The van der Waals surface area contributed by atoms with Crippen molar-refractivity contribution in [3.63, 3.8) is 0 Å². The van der Waals surface area contributed by atoms with E-state index in [2.05, 4.69) is 43.2 Å². The van der Waals surface area contributed by atoms with Crippen molar-refractivity contribution in [2.75, 3.05) is 6.61 Å². The number of halogens is 2.